The number of aliphatic hydroxyl groups excluding tert-OH is 1. The molecule has 1 nitrogen and oxygen atoms in total. The highest BCUT2D eigenvalue weighted by Gasteiger charge is 2.17. The second-order valence-electron chi connectivity index (χ2n) is 3.50. The van der Waals surface area contributed by atoms with E-state index in [1.54, 1.807) is 0 Å². The molecule has 0 amide bonds. The van der Waals surface area contributed by atoms with E-state index in [2.05, 4.69) is 52.4 Å². The van der Waals surface area contributed by atoms with Gasteiger partial charge in [-0.25, -0.2) is 0 Å². The molecule has 1 N–H and O–H groups in total. The van der Waals surface area contributed by atoms with Crippen LogP contribution in [-0.4, -0.2) is 5.11 Å². The van der Waals surface area contributed by atoms with Gasteiger partial charge in [0.15, 0.2) is 0 Å². The van der Waals surface area contributed by atoms with Gasteiger partial charge >= 0.3 is 0 Å². The molecule has 0 spiro atoms. The molecule has 1 rings (SSSR count). The third-order valence-corrected chi connectivity index (χ3v) is 3.85. The second kappa shape index (κ2) is 5.47. The van der Waals surface area contributed by atoms with E-state index >= 15 is 0 Å². The minimum atomic E-state index is -0.371. The Morgan fingerprint density at radius 1 is 1.50 bits per heavy atom. The topological polar surface area (TPSA) is 20.2 Å². The number of halogens is 2. The zero-order chi connectivity index (χ0) is 10.7. The summed E-state index contributed by atoms with van der Waals surface area (Å²) in [6.45, 7) is 4.16. The lowest BCUT2D eigenvalue weighted by Crippen LogP contribution is -2.08. The first kappa shape index (κ1) is 12.5. The van der Waals surface area contributed by atoms with Crippen molar-refractivity contribution in [2.75, 3.05) is 0 Å². The monoisotopic (exact) mass is 368 g/mol. The van der Waals surface area contributed by atoms with Gasteiger partial charge in [-0.2, -0.15) is 0 Å². The Morgan fingerprint density at radius 3 is 2.71 bits per heavy atom. The van der Waals surface area contributed by atoms with E-state index in [-0.39, 0.29) is 6.10 Å². The molecule has 1 aromatic rings. The molecular formula is C11H14BrIO. The summed E-state index contributed by atoms with van der Waals surface area (Å²) in [5.41, 5.74) is 0.992. The van der Waals surface area contributed by atoms with E-state index in [1.807, 2.05) is 18.2 Å². The molecule has 0 bridgehead atoms. The Bertz CT molecular complexity index is 314. The van der Waals surface area contributed by atoms with Crippen molar-refractivity contribution >= 4 is 38.5 Å². The largest absolute Gasteiger partial charge is 0.388 e. The highest BCUT2D eigenvalue weighted by Crippen LogP contribution is 2.31. The Labute approximate surface area is 107 Å². The summed E-state index contributed by atoms with van der Waals surface area (Å²) in [6, 6.07) is 6.04. The molecule has 0 saturated carbocycles. The van der Waals surface area contributed by atoms with Crippen LogP contribution in [-0.2, 0) is 0 Å². The summed E-state index contributed by atoms with van der Waals surface area (Å²) in [6.07, 6.45) is 0.614. The van der Waals surface area contributed by atoms with Crippen molar-refractivity contribution < 1.29 is 5.11 Å². The third-order valence-electron chi connectivity index (χ3n) is 2.46. The number of hydrogen-bond acceptors (Lipinski definition) is 1. The van der Waals surface area contributed by atoms with Gasteiger partial charge in [0.1, 0.15) is 0 Å². The fourth-order valence-corrected chi connectivity index (χ4v) is 2.27. The van der Waals surface area contributed by atoms with E-state index in [1.165, 1.54) is 0 Å². The molecule has 0 aliphatic rings. The molecule has 0 aromatic heterocycles. The maximum absolute atomic E-state index is 10.1. The lowest BCUT2D eigenvalue weighted by atomic mass is 9.95. The first-order valence-electron chi connectivity index (χ1n) is 4.69. The van der Waals surface area contributed by atoms with E-state index in [0.717, 1.165) is 20.0 Å². The normalized spacial score (nSPS) is 15.2. The third kappa shape index (κ3) is 2.94. The summed E-state index contributed by atoms with van der Waals surface area (Å²) in [5, 5.41) is 10.1. The van der Waals surface area contributed by atoms with Crippen LogP contribution in [0.25, 0.3) is 0 Å². The molecule has 0 fully saturated rings. The Hall–Kier alpha value is 0.390. The first-order valence-corrected chi connectivity index (χ1v) is 6.56. The van der Waals surface area contributed by atoms with Crippen molar-refractivity contribution in [3.8, 4) is 0 Å². The van der Waals surface area contributed by atoms with Crippen LogP contribution in [0, 0.1) is 9.49 Å². The molecule has 0 aliphatic heterocycles. The molecule has 0 saturated heterocycles. The average molecular weight is 369 g/mol. The quantitative estimate of drug-likeness (QED) is 0.795. The minimum Gasteiger partial charge on any atom is -0.388 e. The van der Waals surface area contributed by atoms with Gasteiger partial charge < -0.3 is 5.11 Å². The van der Waals surface area contributed by atoms with E-state index < -0.39 is 0 Å². The zero-order valence-corrected chi connectivity index (χ0v) is 12.0. The van der Waals surface area contributed by atoms with Crippen molar-refractivity contribution in [2.24, 2.45) is 5.92 Å². The smallest absolute Gasteiger partial charge is 0.0826 e. The van der Waals surface area contributed by atoms with Crippen LogP contribution >= 0.6 is 38.5 Å². The van der Waals surface area contributed by atoms with Gasteiger partial charge in [0.2, 0.25) is 0 Å². The summed E-state index contributed by atoms with van der Waals surface area (Å²) in [5.74, 6) is 0.296. The van der Waals surface area contributed by atoms with Crippen molar-refractivity contribution in [2.45, 2.75) is 26.4 Å². The SMILES string of the molecule is CCC(C)C(O)c1cc(I)ccc1Br. The van der Waals surface area contributed by atoms with Crippen molar-refractivity contribution in [1.82, 2.24) is 0 Å². The van der Waals surface area contributed by atoms with E-state index in [9.17, 15) is 5.11 Å². The van der Waals surface area contributed by atoms with Crippen molar-refractivity contribution in [3.63, 3.8) is 0 Å². The summed E-state index contributed by atoms with van der Waals surface area (Å²) in [4.78, 5) is 0. The summed E-state index contributed by atoms with van der Waals surface area (Å²) < 4.78 is 2.15. The number of aliphatic hydroxyl groups is 1. The van der Waals surface area contributed by atoms with Crippen molar-refractivity contribution in [1.29, 1.82) is 0 Å². The fraction of sp³-hybridized carbons (Fsp3) is 0.455. The molecule has 2 atom stereocenters. The van der Waals surface area contributed by atoms with Gasteiger partial charge in [-0.05, 0) is 52.3 Å². The zero-order valence-electron chi connectivity index (χ0n) is 8.30. The molecule has 0 heterocycles. The molecule has 78 valence electrons. The predicted octanol–water partition coefficient (Wildman–Crippen LogP) is 4.13. The minimum absolute atomic E-state index is 0.296. The number of rotatable bonds is 3. The van der Waals surface area contributed by atoms with Gasteiger partial charge in [-0.3, -0.25) is 0 Å². The molecule has 14 heavy (non-hydrogen) atoms. The highest BCUT2D eigenvalue weighted by molar-refractivity contribution is 14.1. The van der Waals surface area contributed by atoms with Crippen molar-refractivity contribution in [3.05, 3.63) is 31.8 Å². The van der Waals surface area contributed by atoms with Gasteiger partial charge in [0.05, 0.1) is 6.10 Å². The summed E-state index contributed by atoms with van der Waals surface area (Å²) in [7, 11) is 0. The van der Waals surface area contributed by atoms with Crippen LogP contribution in [0.4, 0.5) is 0 Å². The van der Waals surface area contributed by atoms with Crippen LogP contribution in [0.5, 0.6) is 0 Å². The van der Waals surface area contributed by atoms with E-state index in [4.69, 9.17) is 0 Å². The van der Waals surface area contributed by atoms with Crippen LogP contribution in [0.3, 0.4) is 0 Å². The molecule has 0 aliphatic carbocycles. The van der Waals surface area contributed by atoms with Crippen LogP contribution < -0.4 is 0 Å². The fourth-order valence-electron chi connectivity index (χ4n) is 1.27. The Balaban J connectivity index is 2.99. The van der Waals surface area contributed by atoms with Crippen LogP contribution in [0.2, 0.25) is 0 Å². The molecule has 3 heteroatoms. The maximum atomic E-state index is 10.1. The summed E-state index contributed by atoms with van der Waals surface area (Å²) >= 11 is 5.72. The predicted molar refractivity (Wildman–Crippen MR) is 71.3 cm³/mol. The van der Waals surface area contributed by atoms with Gasteiger partial charge in [-0.15, -0.1) is 0 Å². The van der Waals surface area contributed by atoms with Crippen LogP contribution in [0.1, 0.15) is 31.9 Å². The first-order chi connectivity index (χ1) is 6.56. The lowest BCUT2D eigenvalue weighted by molar-refractivity contribution is 0.115. The Morgan fingerprint density at radius 2 is 2.14 bits per heavy atom. The molecule has 2 unspecified atom stereocenters. The van der Waals surface area contributed by atoms with Gasteiger partial charge in [0, 0.05) is 8.04 Å². The maximum Gasteiger partial charge on any atom is 0.0826 e. The molecule has 0 radical (unpaired) electrons. The Kier molecular flexibility index (Phi) is 4.87. The lowest BCUT2D eigenvalue weighted by Gasteiger charge is -2.19. The van der Waals surface area contributed by atoms with Gasteiger partial charge in [0.25, 0.3) is 0 Å². The molecular weight excluding hydrogens is 355 g/mol. The van der Waals surface area contributed by atoms with E-state index in [0.29, 0.717) is 5.92 Å². The second-order valence-corrected chi connectivity index (χ2v) is 5.60. The molecule has 1 aromatic carbocycles. The van der Waals surface area contributed by atoms with Gasteiger partial charge in [-0.1, -0.05) is 36.2 Å². The average Bonchev–Trinajstić information content (AvgIpc) is 2.19. The van der Waals surface area contributed by atoms with Crippen LogP contribution in [0.15, 0.2) is 22.7 Å². The highest BCUT2D eigenvalue weighted by atomic mass is 127. The number of benzene rings is 1. The standard InChI is InChI=1S/C11H14BrIO/c1-3-7(2)11(14)9-6-8(13)4-5-10(9)12/h4-7,11,14H,3H2,1-2H3. The number of hydrogen-bond donors (Lipinski definition) is 1.